The molecule has 98 valence electrons. The van der Waals surface area contributed by atoms with Gasteiger partial charge in [0.25, 0.3) is 5.91 Å². The van der Waals surface area contributed by atoms with E-state index in [1.165, 1.54) is 12.1 Å². The number of nitrogens with zero attached hydrogens (tertiary/aromatic N) is 1. The summed E-state index contributed by atoms with van der Waals surface area (Å²) in [6.45, 7) is 3.63. The molecule has 1 atom stereocenters. The van der Waals surface area contributed by atoms with Gasteiger partial charge in [-0.3, -0.25) is 4.79 Å². The molecule has 1 fully saturated rings. The van der Waals surface area contributed by atoms with Crippen molar-refractivity contribution in [1.29, 1.82) is 0 Å². The average Bonchev–Trinajstić information content (AvgIpc) is 2.89. The van der Waals surface area contributed by atoms with Crippen LogP contribution in [0.15, 0.2) is 24.3 Å². The van der Waals surface area contributed by atoms with Crippen LogP contribution >= 0.6 is 0 Å². The Hall–Kier alpha value is -1.42. The van der Waals surface area contributed by atoms with E-state index in [4.69, 9.17) is 4.74 Å². The van der Waals surface area contributed by atoms with Gasteiger partial charge in [-0.05, 0) is 37.5 Å². The van der Waals surface area contributed by atoms with Crippen LogP contribution in [0.1, 0.15) is 25.3 Å². The number of rotatable bonds is 4. The third-order valence-electron chi connectivity index (χ3n) is 3.16. The lowest BCUT2D eigenvalue weighted by Gasteiger charge is -2.23. The van der Waals surface area contributed by atoms with Gasteiger partial charge in [0.15, 0.2) is 0 Å². The summed E-state index contributed by atoms with van der Waals surface area (Å²) in [4.78, 5) is 13.9. The van der Waals surface area contributed by atoms with Gasteiger partial charge in [-0.2, -0.15) is 0 Å². The van der Waals surface area contributed by atoms with E-state index in [-0.39, 0.29) is 17.8 Å². The molecule has 0 aromatic heterocycles. The number of ether oxygens (including phenoxy) is 1. The first-order chi connectivity index (χ1) is 8.70. The maximum atomic E-state index is 13.1. The molecule has 1 aliphatic rings. The molecule has 1 aliphatic heterocycles. The molecule has 1 saturated heterocycles. The minimum Gasteiger partial charge on any atom is -0.368 e. The molecule has 0 unspecified atom stereocenters. The Balaban J connectivity index is 2.02. The van der Waals surface area contributed by atoms with Gasteiger partial charge in [-0.1, -0.05) is 12.1 Å². The molecule has 18 heavy (non-hydrogen) atoms. The van der Waals surface area contributed by atoms with Crippen LogP contribution in [0, 0.1) is 5.82 Å². The monoisotopic (exact) mass is 251 g/mol. The van der Waals surface area contributed by atoms with E-state index < -0.39 is 0 Å². The van der Waals surface area contributed by atoms with E-state index in [0.717, 1.165) is 18.4 Å². The number of halogens is 1. The number of benzene rings is 1. The molecule has 0 saturated carbocycles. The van der Waals surface area contributed by atoms with Crippen LogP contribution in [-0.4, -0.2) is 30.1 Å². The van der Waals surface area contributed by atoms with Gasteiger partial charge in [0, 0.05) is 19.7 Å². The second kappa shape index (κ2) is 5.96. The highest BCUT2D eigenvalue weighted by Gasteiger charge is 2.27. The minimum atomic E-state index is -0.307. The zero-order chi connectivity index (χ0) is 13.0. The van der Waals surface area contributed by atoms with E-state index in [0.29, 0.717) is 19.7 Å². The van der Waals surface area contributed by atoms with Crippen LogP contribution in [0.2, 0.25) is 0 Å². The largest absolute Gasteiger partial charge is 0.368 e. The zero-order valence-corrected chi connectivity index (χ0v) is 10.6. The Morgan fingerprint density at radius 1 is 1.56 bits per heavy atom. The highest BCUT2D eigenvalue weighted by molar-refractivity contribution is 5.81. The lowest BCUT2D eigenvalue weighted by Crippen LogP contribution is -2.38. The predicted molar refractivity (Wildman–Crippen MR) is 66.5 cm³/mol. The number of hydrogen-bond donors (Lipinski definition) is 0. The van der Waals surface area contributed by atoms with Crippen LogP contribution in [0.5, 0.6) is 0 Å². The lowest BCUT2D eigenvalue weighted by atomic mass is 10.1. The smallest absolute Gasteiger partial charge is 0.251 e. The van der Waals surface area contributed by atoms with E-state index in [1.807, 2.05) is 13.0 Å². The molecule has 0 radical (unpaired) electrons. The van der Waals surface area contributed by atoms with Gasteiger partial charge in [0.05, 0.1) is 0 Å². The summed E-state index contributed by atoms with van der Waals surface area (Å²) in [6.07, 6.45) is 1.42. The zero-order valence-electron chi connectivity index (χ0n) is 10.6. The molecule has 1 aromatic rings. The standard InChI is InChI=1S/C14H18FNO2/c1-2-16(14(17)13-7-4-8-18-13)10-11-5-3-6-12(15)9-11/h3,5-6,9,13H,2,4,7-8,10H2,1H3/t13-/m1/s1. The summed E-state index contributed by atoms with van der Waals surface area (Å²) in [5.41, 5.74) is 0.809. The molecule has 2 rings (SSSR count). The Bertz CT molecular complexity index is 416. The van der Waals surface area contributed by atoms with E-state index in [9.17, 15) is 9.18 Å². The van der Waals surface area contributed by atoms with E-state index >= 15 is 0 Å². The summed E-state index contributed by atoms with van der Waals surface area (Å²) >= 11 is 0. The summed E-state index contributed by atoms with van der Waals surface area (Å²) < 4.78 is 18.5. The first kappa shape index (κ1) is 13.0. The highest BCUT2D eigenvalue weighted by atomic mass is 19.1. The fraction of sp³-hybridized carbons (Fsp3) is 0.500. The average molecular weight is 251 g/mol. The van der Waals surface area contributed by atoms with Gasteiger partial charge in [0.2, 0.25) is 0 Å². The van der Waals surface area contributed by atoms with Gasteiger partial charge in [0.1, 0.15) is 11.9 Å². The molecular formula is C14H18FNO2. The molecule has 3 nitrogen and oxygen atoms in total. The van der Waals surface area contributed by atoms with Crippen molar-refractivity contribution in [3.8, 4) is 0 Å². The number of carbonyl (C=O) groups excluding carboxylic acids is 1. The summed E-state index contributed by atoms with van der Waals surface area (Å²) in [7, 11) is 0. The van der Waals surface area contributed by atoms with Gasteiger partial charge in [-0.25, -0.2) is 4.39 Å². The predicted octanol–water partition coefficient (Wildman–Crippen LogP) is 2.35. The van der Waals surface area contributed by atoms with Crippen molar-refractivity contribution in [2.75, 3.05) is 13.2 Å². The minimum absolute atomic E-state index is 0.0132. The van der Waals surface area contributed by atoms with E-state index in [1.54, 1.807) is 11.0 Å². The molecular weight excluding hydrogens is 233 g/mol. The molecule has 4 heteroatoms. The van der Waals surface area contributed by atoms with Gasteiger partial charge >= 0.3 is 0 Å². The molecule has 0 aliphatic carbocycles. The van der Waals surface area contributed by atoms with Crippen LogP contribution in [-0.2, 0) is 16.1 Å². The van der Waals surface area contributed by atoms with Crippen molar-refractivity contribution < 1.29 is 13.9 Å². The second-order valence-corrected chi connectivity index (χ2v) is 4.48. The molecule has 1 amide bonds. The molecule has 1 heterocycles. The maximum Gasteiger partial charge on any atom is 0.251 e. The Labute approximate surface area is 107 Å². The fourth-order valence-corrected chi connectivity index (χ4v) is 2.18. The number of carbonyl (C=O) groups is 1. The van der Waals surface area contributed by atoms with Gasteiger partial charge in [-0.15, -0.1) is 0 Å². The number of hydrogen-bond acceptors (Lipinski definition) is 2. The van der Waals surface area contributed by atoms with Crippen molar-refractivity contribution in [1.82, 2.24) is 4.90 Å². The molecule has 1 aromatic carbocycles. The Morgan fingerprint density at radius 2 is 2.39 bits per heavy atom. The van der Waals surface area contributed by atoms with Crippen LogP contribution in [0.25, 0.3) is 0 Å². The van der Waals surface area contributed by atoms with Crippen LogP contribution in [0.3, 0.4) is 0 Å². The summed E-state index contributed by atoms with van der Waals surface area (Å²) in [5.74, 6) is -0.257. The number of likely N-dealkylation sites (N-methyl/N-ethyl adjacent to an activating group) is 1. The third-order valence-corrected chi connectivity index (χ3v) is 3.16. The molecule has 0 spiro atoms. The second-order valence-electron chi connectivity index (χ2n) is 4.48. The molecule has 0 N–H and O–H groups in total. The van der Waals surface area contributed by atoms with Crippen LogP contribution in [0.4, 0.5) is 4.39 Å². The van der Waals surface area contributed by atoms with Crippen molar-refractivity contribution >= 4 is 5.91 Å². The SMILES string of the molecule is CCN(Cc1cccc(F)c1)C(=O)[C@H]1CCCO1. The third kappa shape index (κ3) is 3.07. The summed E-state index contributed by atoms with van der Waals surface area (Å²) in [6, 6.07) is 6.36. The topological polar surface area (TPSA) is 29.5 Å². The quantitative estimate of drug-likeness (QED) is 0.822. The normalized spacial score (nSPS) is 18.9. The first-order valence-corrected chi connectivity index (χ1v) is 6.35. The Morgan fingerprint density at radius 3 is 3.00 bits per heavy atom. The van der Waals surface area contributed by atoms with Crippen molar-refractivity contribution in [2.45, 2.75) is 32.4 Å². The van der Waals surface area contributed by atoms with Crippen LogP contribution < -0.4 is 0 Å². The first-order valence-electron chi connectivity index (χ1n) is 6.35. The maximum absolute atomic E-state index is 13.1. The van der Waals surface area contributed by atoms with Crippen molar-refractivity contribution in [2.24, 2.45) is 0 Å². The summed E-state index contributed by atoms with van der Waals surface area (Å²) in [5, 5.41) is 0. The van der Waals surface area contributed by atoms with Crippen molar-refractivity contribution in [3.05, 3.63) is 35.6 Å². The Kier molecular flexibility index (Phi) is 4.31. The fourth-order valence-electron chi connectivity index (χ4n) is 2.18. The van der Waals surface area contributed by atoms with Gasteiger partial charge < -0.3 is 9.64 Å². The van der Waals surface area contributed by atoms with E-state index in [2.05, 4.69) is 0 Å². The number of amides is 1. The highest BCUT2D eigenvalue weighted by Crippen LogP contribution is 2.16. The van der Waals surface area contributed by atoms with Crippen molar-refractivity contribution in [3.63, 3.8) is 0 Å². The lowest BCUT2D eigenvalue weighted by molar-refractivity contribution is -0.141. The molecule has 0 bridgehead atoms.